The minimum absolute atomic E-state index is 0.0423. The fraction of sp³-hybridized carbons (Fsp3) is 0.700. The first-order valence-corrected chi connectivity index (χ1v) is 5.44. The van der Waals surface area contributed by atoms with Gasteiger partial charge in [-0.25, -0.2) is 0 Å². The zero-order valence-corrected chi connectivity index (χ0v) is 10.0. The Labute approximate surface area is 95.4 Å². The van der Waals surface area contributed by atoms with Gasteiger partial charge in [0.2, 0.25) is 5.91 Å². The maximum atomic E-state index is 11.4. The SMILES string of the molecule is CNCc1cn(CCC(=O)NC(C)C)nn1. The monoisotopic (exact) mass is 225 g/mol. The van der Waals surface area contributed by atoms with E-state index in [0.717, 1.165) is 5.69 Å². The Morgan fingerprint density at radius 1 is 1.56 bits per heavy atom. The summed E-state index contributed by atoms with van der Waals surface area (Å²) < 4.78 is 1.69. The van der Waals surface area contributed by atoms with Crippen molar-refractivity contribution in [3.63, 3.8) is 0 Å². The molecule has 6 nitrogen and oxygen atoms in total. The molecule has 0 aliphatic heterocycles. The van der Waals surface area contributed by atoms with Crippen LogP contribution in [0.15, 0.2) is 6.20 Å². The van der Waals surface area contributed by atoms with E-state index in [4.69, 9.17) is 0 Å². The molecule has 0 fully saturated rings. The molecule has 1 heterocycles. The molecule has 0 unspecified atom stereocenters. The van der Waals surface area contributed by atoms with Crippen LogP contribution in [0.3, 0.4) is 0 Å². The van der Waals surface area contributed by atoms with Crippen molar-refractivity contribution in [2.75, 3.05) is 7.05 Å². The number of nitrogens with zero attached hydrogens (tertiary/aromatic N) is 3. The lowest BCUT2D eigenvalue weighted by Gasteiger charge is -2.07. The van der Waals surface area contributed by atoms with E-state index in [1.807, 2.05) is 27.1 Å². The second-order valence-electron chi connectivity index (χ2n) is 3.98. The molecular formula is C10H19N5O. The quantitative estimate of drug-likeness (QED) is 0.710. The molecule has 6 heteroatoms. The van der Waals surface area contributed by atoms with Gasteiger partial charge < -0.3 is 10.6 Å². The third-order valence-corrected chi connectivity index (χ3v) is 1.96. The molecule has 16 heavy (non-hydrogen) atoms. The largest absolute Gasteiger partial charge is 0.354 e. The normalized spacial score (nSPS) is 10.8. The second-order valence-corrected chi connectivity index (χ2v) is 3.98. The first-order valence-electron chi connectivity index (χ1n) is 5.44. The summed E-state index contributed by atoms with van der Waals surface area (Å²) in [5.41, 5.74) is 0.881. The van der Waals surface area contributed by atoms with Crippen LogP contribution in [0.25, 0.3) is 0 Å². The summed E-state index contributed by atoms with van der Waals surface area (Å²) in [5, 5.41) is 13.7. The molecule has 0 radical (unpaired) electrons. The minimum atomic E-state index is 0.0423. The van der Waals surface area contributed by atoms with Gasteiger partial charge in [0, 0.05) is 25.2 Å². The van der Waals surface area contributed by atoms with Gasteiger partial charge in [-0.05, 0) is 20.9 Å². The minimum Gasteiger partial charge on any atom is -0.354 e. The molecule has 0 spiro atoms. The number of amides is 1. The molecule has 0 aromatic carbocycles. The average molecular weight is 225 g/mol. The van der Waals surface area contributed by atoms with Crippen molar-refractivity contribution in [1.82, 2.24) is 25.6 Å². The Kier molecular flexibility index (Phi) is 4.91. The first kappa shape index (κ1) is 12.6. The second kappa shape index (κ2) is 6.22. The predicted octanol–water partition coefficient (Wildman–Crippen LogP) is -0.0878. The summed E-state index contributed by atoms with van der Waals surface area (Å²) >= 11 is 0. The zero-order valence-electron chi connectivity index (χ0n) is 10.0. The number of carbonyl (C=O) groups excluding carboxylic acids is 1. The van der Waals surface area contributed by atoms with Crippen molar-refractivity contribution in [1.29, 1.82) is 0 Å². The standard InChI is InChI=1S/C10H19N5O/c1-8(2)12-10(16)4-5-15-7-9(6-11-3)13-14-15/h7-8,11H,4-6H2,1-3H3,(H,12,16). The third kappa shape index (κ3) is 4.39. The van der Waals surface area contributed by atoms with Gasteiger partial charge in [0.05, 0.1) is 12.2 Å². The van der Waals surface area contributed by atoms with Crippen LogP contribution in [-0.2, 0) is 17.9 Å². The van der Waals surface area contributed by atoms with Crippen molar-refractivity contribution in [2.45, 2.75) is 39.4 Å². The van der Waals surface area contributed by atoms with Crippen LogP contribution < -0.4 is 10.6 Å². The van der Waals surface area contributed by atoms with Crippen molar-refractivity contribution >= 4 is 5.91 Å². The number of rotatable bonds is 6. The van der Waals surface area contributed by atoms with Crippen molar-refractivity contribution in [3.8, 4) is 0 Å². The van der Waals surface area contributed by atoms with E-state index >= 15 is 0 Å². The van der Waals surface area contributed by atoms with Gasteiger partial charge in [-0.3, -0.25) is 9.48 Å². The van der Waals surface area contributed by atoms with Gasteiger partial charge in [0.25, 0.3) is 0 Å². The Bertz CT molecular complexity index is 334. The first-order chi connectivity index (χ1) is 7.61. The Morgan fingerprint density at radius 2 is 2.31 bits per heavy atom. The summed E-state index contributed by atoms with van der Waals surface area (Å²) in [4.78, 5) is 11.4. The molecule has 0 aliphatic carbocycles. The highest BCUT2D eigenvalue weighted by Gasteiger charge is 2.05. The van der Waals surface area contributed by atoms with Crippen molar-refractivity contribution < 1.29 is 4.79 Å². The van der Waals surface area contributed by atoms with Gasteiger partial charge in [-0.1, -0.05) is 5.21 Å². The Morgan fingerprint density at radius 3 is 2.94 bits per heavy atom. The highest BCUT2D eigenvalue weighted by molar-refractivity contribution is 5.75. The van der Waals surface area contributed by atoms with Crippen LogP contribution in [0, 0.1) is 0 Å². The number of aromatic nitrogens is 3. The molecule has 2 N–H and O–H groups in total. The van der Waals surface area contributed by atoms with E-state index in [1.165, 1.54) is 0 Å². The average Bonchev–Trinajstić information content (AvgIpc) is 2.62. The predicted molar refractivity (Wildman–Crippen MR) is 60.7 cm³/mol. The maximum Gasteiger partial charge on any atom is 0.222 e. The molecule has 1 aromatic rings. The van der Waals surface area contributed by atoms with E-state index < -0.39 is 0 Å². The van der Waals surface area contributed by atoms with E-state index in [-0.39, 0.29) is 11.9 Å². The molecular weight excluding hydrogens is 206 g/mol. The molecule has 0 bridgehead atoms. The van der Waals surface area contributed by atoms with Gasteiger partial charge in [-0.2, -0.15) is 0 Å². The summed E-state index contributed by atoms with van der Waals surface area (Å²) in [6, 6.07) is 0.183. The highest BCUT2D eigenvalue weighted by atomic mass is 16.1. The fourth-order valence-corrected chi connectivity index (χ4v) is 1.32. The molecule has 0 aliphatic rings. The van der Waals surface area contributed by atoms with Crippen LogP contribution in [-0.4, -0.2) is 34.0 Å². The maximum absolute atomic E-state index is 11.4. The summed E-state index contributed by atoms with van der Waals surface area (Å²) in [5.74, 6) is 0.0423. The van der Waals surface area contributed by atoms with Crippen molar-refractivity contribution in [3.05, 3.63) is 11.9 Å². The Hall–Kier alpha value is -1.43. The van der Waals surface area contributed by atoms with E-state index in [9.17, 15) is 4.79 Å². The van der Waals surface area contributed by atoms with E-state index in [0.29, 0.717) is 19.5 Å². The summed E-state index contributed by atoms with van der Waals surface area (Å²) in [7, 11) is 1.86. The Balaban J connectivity index is 2.33. The van der Waals surface area contributed by atoms with E-state index in [1.54, 1.807) is 4.68 Å². The van der Waals surface area contributed by atoms with Gasteiger partial charge in [-0.15, -0.1) is 5.10 Å². The molecule has 90 valence electrons. The van der Waals surface area contributed by atoms with Gasteiger partial charge in [0.1, 0.15) is 0 Å². The molecule has 1 rings (SSSR count). The fourth-order valence-electron chi connectivity index (χ4n) is 1.32. The van der Waals surface area contributed by atoms with Crippen LogP contribution in [0.2, 0.25) is 0 Å². The molecule has 1 aromatic heterocycles. The number of hydrogen-bond acceptors (Lipinski definition) is 4. The zero-order chi connectivity index (χ0) is 12.0. The number of nitrogens with one attached hydrogen (secondary N) is 2. The van der Waals surface area contributed by atoms with Crippen LogP contribution >= 0.6 is 0 Å². The van der Waals surface area contributed by atoms with E-state index in [2.05, 4.69) is 20.9 Å². The molecule has 0 saturated carbocycles. The van der Waals surface area contributed by atoms with Crippen molar-refractivity contribution in [2.24, 2.45) is 0 Å². The lowest BCUT2D eigenvalue weighted by Crippen LogP contribution is -2.30. The molecule has 0 saturated heterocycles. The molecule has 1 amide bonds. The third-order valence-electron chi connectivity index (χ3n) is 1.96. The lowest BCUT2D eigenvalue weighted by atomic mass is 10.3. The number of carbonyl (C=O) groups is 1. The topological polar surface area (TPSA) is 71.8 Å². The van der Waals surface area contributed by atoms with Gasteiger partial charge in [0.15, 0.2) is 0 Å². The number of hydrogen-bond donors (Lipinski definition) is 2. The van der Waals surface area contributed by atoms with Crippen LogP contribution in [0.1, 0.15) is 26.0 Å². The van der Waals surface area contributed by atoms with Gasteiger partial charge >= 0.3 is 0 Å². The lowest BCUT2D eigenvalue weighted by molar-refractivity contribution is -0.121. The number of aryl methyl sites for hydroxylation is 1. The smallest absolute Gasteiger partial charge is 0.222 e. The highest BCUT2D eigenvalue weighted by Crippen LogP contribution is 1.94. The summed E-state index contributed by atoms with van der Waals surface area (Å²) in [6.45, 7) is 5.14. The summed E-state index contributed by atoms with van der Waals surface area (Å²) in [6.07, 6.45) is 2.28. The molecule has 0 atom stereocenters. The van der Waals surface area contributed by atoms with Crippen LogP contribution in [0.4, 0.5) is 0 Å². The van der Waals surface area contributed by atoms with Crippen LogP contribution in [0.5, 0.6) is 0 Å².